The van der Waals surface area contributed by atoms with Crippen LogP contribution in [0.5, 0.6) is 11.5 Å². The molecule has 0 aromatic heterocycles. The lowest BCUT2D eigenvalue weighted by molar-refractivity contribution is -0.384. The molecule has 0 fully saturated rings. The van der Waals surface area contributed by atoms with Gasteiger partial charge in [0.25, 0.3) is 5.69 Å². The van der Waals surface area contributed by atoms with Crippen LogP contribution in [0.4, 0.5) is 5.69 Å². The lowest BCUT2D eigenvalue weighted by Gasteiger charge is -2.07. The number of nitrogens with zero attached hydrogens (tertiary/aromatic N) is 1. The average Bonchev–Trinajstić information content (AvgIpc) is 2.73. The van der Waals surface area contributed by atoms with Crippen molar-refractivity contribution >= 4 is 27.7 Å². The Bertz CT molecular complexity index is 1200. The molecule has 3 aromatic carbocycles. The van der Waals surface area contributed by atoms with Crippen molar-refractivity contribution in [3.63, 3.8) is 0 Å². The third kappa shape index (κ3) is 5.09. The Balaban J connectivity index is 1.69. The number of hydrogen-bond acceptors (Lipinski definition) is 7. The fraction of sp³-hybridized carbons (Fsp3) is 0. The van der Waals surface area contributed by atoms with E-state index >= 15 is 0 Å². The molecule has 0 bridgehead atoms. The van der Waals surface area contributed by atoms with Gasteiger partial charge in [-0.25, -0.2) is 0 Å². The first-order chi connectivity index (χ1) is 14.2. The smallest absolute Gasteiger partial charge is 0.339 e. The van der Waals surface area contributed by atoms with Crippen LogP contribution in [0.2, 0.25) is 0 Å². The van der Waals surface area contributed by atoms with Gasteiger partial charge in [-0.05, 0) is 60.2 Å². The molecule has 0 saturated heterocycles. The molecule has 0 unspecified atom stereocenters. The van der Waals surface area contributed by atoms with E-state index in [1.54, 1.807) is 18.2 Å². The van der Waals surface area contributed by atoms with Crippen LogP contribution in [0.15, 0.2) is 83.8 Å². The number of nitro benzene ring substituents is 1. The topological polar surface area (TPSA) is 124 Å². The van der Waals surface area contributed by atoms with Gasteiger partial charge >= 0.3 is 10.1 Å². The van der Waals surface area contributed by atoms with Gasteiger partial charge in [-0.1, -0.05) is 18.2 Å². The zero-order valence-electron chi connectivity index (χ0n) is 15.3. The minimum absolute atomic E-state index is 0.00702. The number of hydrogen-bond donors (Lipinski definition) is 1. The second-order valence-corrected chi connectivity index (χ2v) is 7.65. The molecule has 8 nitrogen and oxygen atoms in total. The number of benzene rings is 3. The molecule has 0 radical (unpaired) electrons. The van der Waals surface area contributed by atoms with Gasteiger partial charge in [0, 0.05) is 17.7 Å². The summed E-state index contributed by atoms with van der Waals surface area (Å²) in [6.07, 6.45) is 2.95. The highest BCUT2D eigenvalue weighted by atomic mass is 32.2. The maximum absolute atomic E-state index is 12.3. The van der Waals surface area contributed by atoms with Crippen molar-refractivity contribution in [1.82, 2.24) is 0 Å². The van der Waals surface area contributed by atoms with Crippen LogP contribution in [-0.2, 0) is 10.1 Å². The normalized spacial score (nSPS) is 11.3. The minimum atomic E-state index is -4.18. The summed E-state index contributed by atoms with van der Waals surface area (Å²) in [6.45, 7) is 0. The first kappa shape index (κ1) is 20.7. The Morgan fingerprint density at radius 1 is 0.933 bits per heavy atom. The van der Waals surface area contributed by atoms with Crippen LogP contribution in [-0.4, -0.2) is 24.2 Å². The van der Waals surface area contributed by atoms with Gasteiger partial charge in [-0.2, -0.15) is 8.42 Å². The minimum Gasteiger partial charge on any atom is -0.508 e. The Hall–Kier alpha value is -3.98. The van der Waals surface area contributed by atoms with E-state index in [0.29, 0.717) is 5.56 Å². The first-order valence-corrected chi connectivity index (χ1v) is 9.96. The highest BCUT2D eigenvalue weighted by Gasteiger charge is 2.18. The van der Waals surface area contributed by atoms with E-state index in [-0.39, 0.29) is 27.9 Å². The maximum Gasteiger partial charge on any atom is 0.339 e. The zero-order chi connectivity index (χ0) is 21.7. The van der Waals surface area contributed by atoms with E-state index in [0.717, 1.165) is 29.8 Å². The fourth-order valence-electron chi connectivity index (χ4n) is 2.44. The summed E-state index contributed by atoms with van der Waals surface area (Å²) in [4.78, 5) is 22.0. The summed E-state index contributed by atoms with van der Waals surface area (Å²) in [5.74, 6) is -0.182. The van der Waals surface area contributed by atoms with Gasteiger partial charge < -0.3 is 9.29 Å². The largest absolute Gasteiger partial charge is 0.508 e. The standard InChI is InChI=1S/C21H15NO7S/c23-18-8-1-15(2-9-18)3-14-21(24)16-4-10-19(11-5-16)29-30(27,28)20-12-6-17(7-13-20)22(25)26/h1-14,23H/b14-3+. The Morgan fingerprint density at radius 2 is 1.53 bits per heavy atom. The van der Waals surface area contributed by atoms with E-state index in [1.807, 2.05) is 0 Å². The molecular weight excluding hydrogens is 410 g/mol. The Labute approximate surface area is 172 Å². The van der Waals surface area contributed by atoms with Gasteiger partial charge in [0.05, 0.1) is 4.92 Å². The second kappa shape index (κ2) is 8.58. The van der Waals surface area contributed by atoms with Crippen molar-refractivity contribution in [1.29, 1.82) is 0 Å². The molecule has 152 valence electrons. The van der Waals surface area contributed by atoms with Crippen LogP contribution < -0.4 is 4.18 Å². The first-order valence-electron chi connectivity index (χ1n) is 8.55. The predicted octanol–water partition coefficient (Wildman–Crippen LogP) is 3.96. The molecule has 0 aliphatic heterocycles. The number of non-ortho nitro benzene ring substituents is 1. The van der Waals surface area contributed by atoms with Gasteiger partial charge in [0.2, 0.25) is 0 Å². The van der Waals surface area contributed by atoms with Crippen LogP contribution in [0.3, 0.4) is 0 Å². The zero-order valence-corrected chi connectivity index (χ0v) is 16.2. The van der Waals surface area contributed by atoms with Crippen molar-refractivity contribution in [3.05, 3.63) is 100 Å². The van der Waals surface area contributed by atoms with Gasteiger partial charge in [-0.3, -0.25) is 14.9 Å². The van der Waals surface area contributed by atoms with Crippen molar-refractivity contribution in [2.24, 2.45) is 0 Å². The number of rotatable bonds is 7. The van der Waals surface area contributed by atoms with Crippen molar-refractivity contribution in [2.45, 2.75) is 4.90 Å². The quantitative estimate of drug-likeness (QED) is 0.200. The lowest BCUT2D eigenvalue weighted by Crippen LogP contribution is -2.09. The molecule has 0 saturated carbocycles. The number of aromatic hydroxyl groups is 1. The Morgan fingerprint density at radius 3 is 2.10 bits per heavy atom. The molecule has 0 spiro atoms. The van der Waals surface area contributed by atoms with Gasteiger partial charge in [-0.15, -0.1) is 0 Å². The molecular formula is C21H15NO7S. The number of phenolic OH excluding ortho intramolecular Hbond substituents is 1. The molecule has 9 heteroatoms. The SMILES string of the molecule is O=C(/C=C/c1ccc(O)cc1)c1ccc(OS(=O)(=O)c2ccc([N+](=O)[O-])cc2)cc1. The van der Waals surface area contributed by atoms with Crippen LogP contribution >= 0.6 is 0 Å². The average molecular weight is 425 g/mol. The number of allylic oxidation sites excluding steroid dienone is 1. The summed E-state index contributed by atoms with van der Waals surface area (Å²) in [5, 5.41) is 19.9. The summed E-state index contributed by atoms with van der Waals surface area (Å²) in [6, 6.07) is 16.1. The molecule has 0 atom stereocenters. The van der Waals surface area contributed by atoms with E-state index in [1.165, 1.54) is 42.5 Å². The maximum atomic E-state index is 12.3. The highest BCUT2D eigenvalue weighted by molar-refractivity contribution is 7.87. The fourth-order valence-corrected chi connectivity index (χ4v) is 3.37. The summed E-state index contributed by atoms with van der Waals surface area (Å²) >= 11 is 0. The molecule has 0 aliphatic rings. The lowest BCUT2D eigenvalue weighted by atomic mass is 10.1. The van der Waals surface area contributed by atoms with Crippen LogP contribution in [0, 0.1) is 10.1 Å². The third-order valence-electron chi connectivity index (χ3n) is 4.00. The second-order valence-electron chi connectivity index (χ2n) is 6.10. The van der Waals surface area contributed by atoms with E-state index < -0.39 is 15.0 Å². The highest BCUT2D eigenvalue weighted by Crippen LogP contribution is 2.22. The molecule has 0 aliphatic carbocycles. The number of ketones is 1. The number of phenols is 1. The molecule has 30 heavy (non-hydrogen) atoms. The van der Waals surface area contributed by atoms with Crippen LogP contribution in [0.25, 0.3) is 6.08 Å². The number of carbonyl (C=O) groups excluding carboxylic acids is 1. The summed E-state index contributed by atoms with van der Waals surface area (Å²) in [7, 11) is -4.18. The number of nitro groups is 1. The third-order valence-corrected chi connectivity index (χ3v) is 5.26. The van der Waals surface area contributed by atoms with E-state index in [2.05, 4.69) is 0 Å². The molecule has 0 heterocycles. The van der Waals surface area contributed by atoms with Crippen molar-refractivity contribution in [3.8, 4) is 11.5 Å². The monoisotopic (exact) mass is 425 g/mol. The van der Waals surface area contributed by atoms with Crippen molar-refractivity contribution in [2.75, 3.05) is 0 Å². The van der Waals surface area contributed by atoms with E-state index in [9.17, 15) is 28.4 Å². The molecule has 0 amide bonds. The Kier molecular flexibility index (Phi) is 5.93. The predicted molar refractivity (Wildman–Crippen MR) is 109 cm³/mol. The molecule has 1 N–H and O–H groups in total. The van der Waals surface area contributed by atoms with E-state index in [4.69, 9.17) is 4.18 Å². The molecule has 3 aromatic rings. The summed E-state index contributed by atoms with van der Waals surface area (Å²) in [5.41, 5.74) is 0.817. The number of carbonyl (C=O) groups is 1. The molecule has 3 rings (SSSR count). The van der Waals surface area contributed by atoms with Crippen LogP contribution in [0.1, 0.15) is 15.9 Å². The van der Waals surface area contributed by atoms with Gasteiger partial charge in [0.15, 0.2) is 5.78 Å². The van der Waals surface area contributed by atoms with Crippen molar-refractivity contribution < 1.29 is 27.4 Å². The van der Waals surface area contributed by atoms with Gasteiger partial charge in [0.1, 0.15) is 16.4 Å². The summed E-state index contributed by atoms with van der Waals surface area (Å²) < 4.78 is 29.6.